The van der Waals surface area contributed by atoms with E-state index in [1.54, 1.807) is 0 Å². The summed E-state index contributed by atoms with van der Waals surface area (Å²) in [4.78, 5) is 0. The average molecular weight is 215 g/mol. The van der Waals surface area contributed by atoms with E-state index in [1.165, 1.54) is 0 Å². The van der Waals surface area contributed by atoms with Gasteiger partial charge in [-0.25, -0.2) is 0 Å². The van der Waals surface area contributed by atoms with Crippen molar-refractivity contribution in [2.45, 2.75) is 0 Å². The molecule has 0 amide bonds. The zero-order chi connectivity index (χ0) is 0. The molecule has 0 rings (SSSR count). The van der Waals surface area contributed by atoms with Crippen molar-refractivity contribution in [3.8, 4) is 0 Å². The summed E-state index contributed by atoms with van der Waals surface area (Å²) < 4.78 is 0. The summed E-state index contributed by atoms with van der Waals surface area (Å²) in [5, 5.41) is 0. The Morgan fingerprint density at radius 3 is 1.25 bits per heavy atom. The van der Waals surface area contributed by atoms with Crippen LogP contribution in [0.3, 0.4) is 0 Å². The summed E-state index contributed by atoms with van der Waals surface area (Å²) in [7, 11) is 0. The van der Waals surface area contributed by atoms with E-state index in [2.05, 4.69) is 0 Å². The predicted octanol–water partition coefficient (Wildman–Crippen LogP) is -0.163. The first kappa shape index (κ1) is 29.3. The molecule has 0 aliphatic carbocycles. The number of hydrogen-bond acceptors (Lipinski definition) is 0. The molecule has 0 heterocycles. The van der Waals surface area contributed by atoms with Crippen LogP contribution >= 0.6 is 0 Å². The van der Waals surface area contributed by atoms with Gasteiger partial charge in [0.05, 0.1) is 0 Å². The van der Waals surface area contributed by atoms with E-state index in [1.807, 2.05) is 0 Å². The molecule has 0 saturated heterocycles. The minimum absolute atomic E-state index is 0. The minimum Gasteiger partial charge on any atom is -1.00 e. The molecular weight excluding hydrogens is 213 g/mol. The van der Waals surface area contributed by atoms with E-state index >= 15 is 0 Å². The molecule has 0 aromatic carbocycles. The fourth-order valence-electron chi connectivity index (χ4n) is 0. The largest absolute Gasteiger partial charge is 2.00 e. The van der Waals surface area contributed by atoms with Gasteiger partial charge in [0.2, 0.25) is 0 Å². The van der Waals surface area contributed by atoms with E-state index in [0.29, 0.717) is 0 Å². The van der Waals surface area contributed by atoms with Crippen molar-refractivity contribution in [3.05, 3.63) is 0 Å². The van der Waals surface area contributed by atoms with Gasteiger partial charge < -0.3 is 2.85 Å². The SMILES string of the molecule is [Ca+2].[Co].[H-].[H-].[Mn].[Ni]. The quantitative estimate of drug-likeness (QED) is 0.492. The molecule has 30 valence electrons. The third kappa shape index (κ3) is 8.84. The third-order valence-electron chi connectivity index (χ3n) is 0. The fourth-order valence-corrected chi connectivity index (χ4v) is 0. The van der Waals surface area contributed by atoms with Gasteiger partial charge in [-0.15, -0.1) is 0 Å². The summed E-state index contributed by atoms with van der Waals surface area (Å²) in [6.07, 6.45) is 0. The van der Waals surface area contributed by atoms with Gasteiger partial charge in [0, 0.05) is 50.3 Å². The van der Waals surface area contributed by atoms with Gasteiger partial charge in [-0.05, 0) is 0 Å². The van der Waals surface area contributed by atoms with E-state index < -0.39 is 0 Å². The van der Waals surface area contributed by atoms with Gasteiger partial charge in [-0.2, -0.15) is 0 Å². The van der Waals surface area contributed by atoms with E-state index in [-0.39, 0.29) is 90.9 Å². The normalized spacial score (nSPS) is 0. The zero-order valence-corrected chi connectivity index (χ0v) is 7.15. The van der Waals surface area contributed by atoms with E-state index in [9.17, 15) is 0 Å². The number of hydrogen-bond donors (Lipinski definition) is 0. The average Bonchev–Trinajstić information content (AvgIpc) is 0. The Morgan fingerprint density at radius 1 is 1.25 bits per heavy atom. The van der Waals surface area contributed by atoms with Crippen LogP contribution in [0, 0.1) is 0 Å². The Bertz CT molecular complexity index is 13.5. The molecule has 0 saturated carbocycles. The Labute approximate surface area is 89.4 Å². The molecule has 0 spiro atoms. The van der Waals surface area contributed by atoms with Gasteiger partial charge >= 0.3 is 37.7 Å². The summed E-state index contributed by atoms with van der Waals surface area (Å²) in [5.74, 6) is 0. The Balaban J connectivity index is 0. The first-order chi connectivity index (χ1) is 0. The van der Waals surface area contributed by atoms with Gasteiger partial charge in [0.25, 0.3) is 0 Å². The van der Waals surface area contributed by atoms with Crippen LogP contribution in [0.25, 0.3) is 0 Å². The monoisotopic (exact) mass is 214 g/mol. The Hall–Kier alpha value is 2.78. The molecular formula is H2CaCoMnNi. The van der Waals surface area contributed by atoms with Crippen molar-refractivity contribution in [2.24, 2.45) is 0 Å². The van der Waals surface area contributed by atoms with Crippen molar-refractivity contribution in [2.75, 3.05) is 0 Å². The topological polar surface area (TPSA) is 0 Å². The van der Waals surface area contributed by atoms with Gasteiger partial charge in [-0.3, -0.25) is 0 Å². The van der Waals surface area contributed by atoms with Crippen molar-refractivity contribution >= 4 is 37.7 Å². The summed E-state index contributed by atoms with van der Waals surface area (Å²) in [5.41, 5.74) is 0. The molecule has 0 unspecified atom stereocenters. The van der Waals surface area contributed by atoms with E-state index in [0.717, 1.165) is 0 Å². The third-order valence-corrected chi connectivity index (χ3v) is 0. The second-order valence-electron chi connectivity index (χ2n) is 0. The molecule has 0 bridgehead atoms. The van der Waals surface area contributed by atoms with Crippen LogP contribution in [-0.4, -0.2) is 37.7 Å². The molecule has 0 N–H and O–H groups in total. The summed E-state index contributed by atoms with van der Waals surface area (Å²) >= 11 is 0. The molecule has 0 aliphatic heterocycles. The molecule has 4 heavy (non-hydrogen) atoms. The first-order valence-corrected chi connectivity index (χ1v) is 0. The molecule has 4 heteroatoms. The van der Waals surface area contributed by atoms with Crippen molar-refractivity contribution in [1.82, 2.24) is 0 Å². The van der Waals surface area contributed by atoms with Gasteiger partial charge in [0.15, 0.2) is 0 Å². The van der Waals surface area contributed by atoms with Crippen molar-refractivity contribution < 1.29 is 53.2 Å². The molecule has 0 aromatic rings. The molecule has 0 aliphatic rings. The summed E-state index contributed by atoms with van der Waals surface area (Å²) in [6.45, 7) is 0. The summed E-state index contributed by atoms with van der Waals surface area (Å²) in [6, 6.07) is 0. The van der Waals surface area contributed by atoms with Crippen LogP contribution in [-0.2, 0) is 50.3 Å². The molecule has 0 nitrogen and oxygen atoms in total. The fraction of sp³-hybridized carbons (Fsp3) is 0. The smallest absolute Gasteiger partial charge is 1.00 e. The number of rotatable bonds is 0. The maximum absolute atomic E-state index is 0. The Morgan fingerprint density at radius 2 is 1.25 bits per heavy atom. The molecule has 0 atom stereocenters. The van der Waals surface area contributed by atoms with Crippen LogP contribution in [0.15, 0.2) is 0 Å². The second kappa shape index (κ2) is 17.1. The van der Waals surface area contributed by atoms with Crippen molar-refractivity contribution in [3.63, 3.8) is 0 Å². The molecule has 0 aromatic heterocycles. The standard InChI is InChI=1S/Ca.Co.Mn.Ni.2H/q+2;;;;2*-1. The second-order valence-corrected chi connectivity index (χ2v) is 0. The minimum atomic E-state index is 0. The maximum Gasteiger partial charge on any atom is 2.00 e. The Kier molecular flexibility index (Phi) is 125. The molecule has 2 radical (unpaired) electrons. The zero-order valence-electron chi connectivity index (χ0n) is 3.73. The van der Waals surface area contributed by atoms with Crippen molar-refractivity contribution in [1.29, 1.82) is 0 Å². The van der Waals surface area contributed by atoms with Crippen LogP contribution in [0.5, 0.6) is 0 Å². The van der Waals surface area contributed by atoms with Gasteiger partial charge in [-0.1, -0.05) is 0 Å². The van der Waals surface area contributed by atoms with Gasteiger partial charge in [0.1, 0.15) is 0 Å². The first-order valence-electron chi connectivity index (χ1n) is 0. The van der Waals surface area contributed by atoms with Crippen LogP contribution in [0.4, 0.5) is 0 Å². The van der Waals surface area contributed by atoms with Crippen LogP contribution in [0.1, 0.15) is 2.85 Å². The maximum atomic E-state index is 0. The van der Waals surface area contributed by atoms with E-state index in [4.69, 9.17) is 0 Å². The molecule has 0 fully saturated rings. The van der Waals surface area contributed by atoms with Crippen LogP contribution in [0.2, 0.25) is 0 Å². The van der Waals surface area contributed by atoms with Crippen LogP contribution < -0.4 is 0 Å². The predicted molar refractivity (Wildman–Crippen MR) is 7.98 cm³/mol.